The Balaban J connectivity index is 1.77. The Morgan fingerprint density at radius 2 is 1.95 bits per heavy atom. The van der Waals surface area contributed by atoms with E-state index in [4.69, 9.17) is 4.98 Å². The van der Waals surface area contributed by atoms with Crippen LogP contribution in [0.4, 0.5) is 0 Å². The number of para-hydroxylation sites is 2. The summed E-state index contributed by atoms with van der Waals surface area (Å²) in [6.07, 6.45) is 5.11. The fourth-order valence-electron chi connectivity index (χ4n) is 2.97. The molecule has 0 radical (unpaired) electrons. The van der Waals surface area contributed by atoms with E-state index >= 15 is 0 Å². The molecule has 3 rings (SSSR count). The number of nitrogens with one attached hydrogen (secondary N) is 1. The van der Waals surface area contributed by atoms with Crippen molar-refractivity contribution in [3.63, 3.8) is 0 Å². The van der Waals surface area contributed by atoms with E-state index in [2.05, 4.69) is 46.2 Å². The zero-order valence-electron chi connectivity index (χ0n) is 12.3. The molecule has 1 aliphatic rings. The fourth-order valence-corrected chi connectivity index (χ4v) is 2.97. The standard InChI is InChI=1S/C16H24N4/c1-2-10-20-15-9-5-4-8-14(15)18-16(20)13-17-19-11-6-3-7-12-19/h4-5,8-9,17H,2-3,6-7,10-13H2,1H3. The summed E-state index contributed by atoms with van der Waals surface area (Å²) < 4.78 is 2.35. The van der Waals surface area contributed by atoms with Crippen molar-refractivity contribution in [2.45, 2.75) is 45.7 Å². The van der Waals surface area contributed by atoms with E-state index < -0.39 is 0 Å². The van der Waals surface area contributed by atoms with Crippen LogP contribution >= 0.6 is 0 Å². The van der Waals surface area contributed by atoms with E-state index in [1.807, 2.05) is 0 Å². The Hall–Kier alpha value is -1.39. The van der Waals surface area contributed by atoms with Gasteiger partial charge in [-0.3, -0.25) is 0 Å². The summed E-state index contributed by atoms with van der Waals surface area (Å²) in [6, 6.07) is 8.43. The average Bonchev–Trinajstić information content (AvgIpc) is 2.85. The highest BCUT2D eigenvalue weighted by molar-refractivity contribution is 5.75. The van der Waals surface area contributed by atoms with Gasteiger partial charge >= 0.3 is 0 Å². The van der Waals surface area contributed by atoms with Crippen LogP contribution in [0, 0.1) is 0 Å². The van der Waals surface area contributed by atoms with Gasteiger partial charge in [-0.15, -0.1) is 0 Å². The Labute approximate surface area is 120 Å². The predicted octanol–water partition coefficient (Wildman–Crippen LogP) is 2.94. The minimum absolute atomic E-state index is 0.828. The van der Waals surface area contributed by atoms with Gasteiger partial charge in [-0.1, -0.05) is 25.5 Å². The molecule has 0 saturated carbocycles. The van der Waals surface area contributed by atoms with Gasteiger partial charge in [-0.25, -0.2) is 15.4 Å². The number of aromatic nitrogens is 2. The molecule has 4 heteroatoms. The van der Waals surface area contributed by atoms with Crippen LogP contribution < -0.4 is 5.43 Å². The van der Waals surface area contributed by atoms with Gasteiger partial charge in [0.15, 0.2) is 0 Å². The maximum Gasteiger partial charge on any atom is 0.125 e. The van der Waals surface area contributed by atoms with Crippen LogP contribution in [0.25, 0.3) is 11.0 Å². The van der Waals surface area contributed by atoms with Crippen molar-refractivity contribution < 1.29 is 0 Å². The number of aryl methyl sites for hydroxylation is 1. The number of piperidine rings is 1. The Morgan fingerprint density at radius 1 is 1.15 bits per heavy atom. The maximum absolute atomic E-state index is 4.79. The number of hydrazine groups is 1. The molecular formula is C16H24N4. The fraction of sp³-hybridized carbons (Fsp3) is 0.562. The van der Waals surface area contributed by atoms with Crippen molar-refractivity contribution in [2.24, 2.45) is 0 Å². The molecule has 0 bridgehead atoms. The van der Waals surface area contributed by atoms with E-state index in [9.17, 15) is 0 Å². The third-order valence-electron chi connectivity index (χ3n) is 4.00. The van der Waals surface area contributed by atoms with Gasteiger partial charge in [0.25, 0.3) is 0 Å². The molecule has 2 heterocycles. The van der Waals surface area contributed by atoms with E-state index in [0.717, 1.165) is 43.9 Å². The average molecular weight is 272 g/mol. The summed E-state index contributed by atoms with van der Waals surface area (Å²) in [5.74, 6) is 1.15. The first kappa shape index (κ1) is 13.6. The molecule has 1 aromatic heterocycles. The van der Waals surface area contributed by atoms with Crippen molar-refractivity contribution in [1.82, 2.24) is 20.0 Å². The first-order chi connectivity index (χ1) is 9.88. The topological polar surface area (TPSA) is 33.1 Å². The molecule has 1 fully saturated rings. The van der Waals surface area contributed by atoms with Crippen LogP contribution in [0.1, 0.15) is 38.4 Å². The second-order valence-electron chi connectivity index (χ2n) is 5.55. The third-order valence-corrected chi connectivity index (χ3v) is 4.00. The minimum atomic E-state index is 0.828. The number of benzene rings is 1. The summed E-state index contributed by atoms with van der Waals surface area (Å²) in [6.45, 7) is 6.41. The van der Waals surface area contributed by atoms with Crippen molar-refractivity contribution in [2.75, 3.05) is 13.1 Å². The molecule has 0 atom stereocenters. The summed E-state index contributed by atoms with van der Waals surface area (Å²) in [7, 11) is 0. The number of hydrogen-bond acceptors (Lipinski definition) is 3. The molecule has 1 N–H and O–H groups in total. The highest BCUT2D eigenvalue weighted by Gasteiger charge is 2.13. The normalized spacial score (nSPS) is 16.9. The molecule has 20 heavy (non-hydrogen) atoms. The van der Waals surface area contributed by atoms with Gasteiger partial charge in [0.1, 0.15) is 5.82 Å². The molecule has 0 aliphatic carbocycles. The van der Waals surface area contributed by atoms with Gasteiger partial charge in [0.2, 0.25) is 0 Å². The summed E-state index contributed by atoms with van der Waals surface area (Å²) in [4.78, 5) is 4.79. The summed E-state index contributed by atoms with van der Waals surface area (Å²) in [5.41, 5.74) is 5.91. The SMILES string of the molecule is CCCn1c(CNN2CCCCC2)nc2ccccc21. The van der Waals surface area contributed by atoms with Gasteiger partial charge < -0.3 is 4.57 Å². The lowest BCUT2D eigenvalue weighted by molar-refractivity contribution is 0.148. The lowest BCUT2D eigenvalue weighted by atomic mass is 10.2. The molecule has 1 aromatic carbocycles. The zero-order chi connectivity index (χ0) is 13.8. The molecule has 0 unspecified atom stereocenters. The molecule has 4 nitrogen and oxygen atoms in total. The molecule has 108 valence electrons. The maximum atomic E-state index is 4.79. The molecule has 1 saturated heterocycles. The zero-order valence-corrected chi connectivity index (χ0v) is 12.3. The van der Waals surface area contributed by atoms with Crippen LogP contribution in [0.15, 0.2) is 24.3 Å². The van der Waals surface area contributed by atoms with Crippen LogP contribution in [0.3, 0.4) is 0 Å². The van der Waals surface area contributed by atoms with Crippen LogP contribution in [0.2, 0.25) is 0 Å². The van der Waals surface area contributed by atoms with Gasteiger partial charge in [0.05, 0.1) is 17.6 Å². The van der Waals surface area contributed by atoms with Gasteiger partial charge in [-0.2, -0.15) is 0 Å². The molecule has 0 amide bonds. The summed E-state index contributed by atoms with van der Waals surface area (Å²) >= 11 is 0. The molecular weight excluding hydrogens is 248 g/mol. The van der Waals surface area contributed by atoms with E-state index in [0.29, 0.717) is 0 Å². The smallest absolute Gasteiger partial charge is 0.125 e. The molecule has 1 aliphatic heterocycles. The number of hydrogen-bond donors (Lipinski definition) is 1. The van der Waals surface area contributed by atoms with Crippen molar-refractivity contribution in [1.29, 1.82) is 0 Å². The minimum Gasteiger partial charge on any atom is -0.327 e. The van der Waals surface area contributed by atoms with Crippen LogP contribution in [-0.4, -0.2) is 27.6 Å². The van der Waals surface area contributed by atoms with Crippen LogP contribution in [-0.2, 0) is 13.1 Å². The van der Waals surface area contributed by atoms with E-state index in [-0.39, 0.29) is 0 Å². The summed E-state index contributed by atoms with van der Waals surface area (Å²) in [5, 5.41) is 2.35. The molecule has 2 aromatic rings. The number of rotatable bonds is 5. The van der Waals surface area contributed by atoms with Crippen molar-refractivity contribution >= 4 is 11.0 Å². The Morgan fingerprint density at radius 3 is 2.75 bits per heavy atom. The van der Waals surface area contributed by atoms with E-state index in [1.165, 1.54) is 24.8 Å². The Bertz CT molecular complexity index is 555. The van der Waals surface area contributed by atoms with Crippen molar-refractivity contribution in [3.05, 3.63) is 30.1 Å². The number of nitrogens with zero attached hydrogens (tertiary/aromatic N) is 3. The lowest BCUT2D eigenvalue weighted by Crippen LogP contribution is -2.41. The third kappa shape index (κ3) is 2.86. The Kier molecular flexibility index (Phi) is 4.33. The van der Waals surface area contributed by atoms with Gasteiger partial charge in [0, 0.05) is 19.6 Å². The lowest BCUT2D eigenvalue weighted by Gasteiger charge is -2.27. The first-order valence-electron chi connectivity index (χ1n) is 7.81. The molecule has 0 spiro atoms. The quantitative estimate of drug-likeness (QED) is 0.908. The van der Waals surface area contributed by atoms with Crippen molar-refractivity contribution in [3.8, 4) is 0 Å². The van der Waals surface area contributed by atoms with Gasteiger partial charge in [-0.05, 0) is 31.4 Å². The highest BCUT2D eigenvalue weighted by atomic mass is 15.5. The highest BCUT2D eigenvalue weighted by Crippen LogP contribution is 2.17. The first-order valence-corrected chi connectivity index (χ1v) is 7.81. The van der Waals surface area contributed by atoms with E-state index in [1.54, 1.807) is 0 Å². The number of imidazole rings is 1. The second-order valence-corrected chi connectivity index (χ2v) is 5.55. The number of fused-ring (bicyclic) bond motifs is 1. The predicted molar refractivity (Wildman–Crippen MR) is 82.3 cm³/mol. The van der Waals surface area contributed by atoms with Crippen LogP contribution in [0.5, 0.6) is 0 Å². The largest absolute Gasteiger partial charge is 0.327 e. The monoisotopic (exact) mass is 272 g/mol. The second kappa shape index (κ2) is 6.37.